The number of halogens is 1. The van der Waals surface area contributed by atoms with Crippen molar-refractivity contribution in [1.29, 1.82) is 0 Å². The maximum Gasteiger partial charge on any atom is 0.0729 e. The van der Waals surface area contributed by atoms with Gasteiger partial charge in [-0.05, 0) is 18.2 Å². The van der Waals surface area contributed by atoms with Crippen molar-refractivity contribution in [3.05, 3.63) is 22.7 Å². The summed E-state index contributed by atoms with van der Waals surface area (Å²) in [6.07, 6.45) is 0. The fourth-order valence-electron chi connectivity index (χ4n) is 1.55. The molecule has 0 unspecified atom stereocenters. The van der Waals surface area contributed by atoms with Crippen LogP contribution in [0.15, 0.2) is 22.7 Å². The van der Waals surface area contributed by atoms with Crippen molar-refractivity contribution in [2.45, 2.75) is 6.04 Å². The molecular formula is C11H15BrN2O. The first-order chi connectivity index (χ1) is 7.16. The Balaban J connectivity index is 2.21. The van der Waals surface area contributed by atoms with Crippen LogP contribution in [0.5, 0.6) is 0 Å². The van der Waals surface area contributed by atoms with E-state index < -0.39 is 0 Å². The quantitative estimate of drug-likeness (QED) is 0.913. The van der Waals surface area contributed by atoms with Crippen LogP contribution in [0.25, 0.3) is 0 Å². The van der Waals surface area contributed by atoms with Gasteiger partial charge in [0, 0.05) is 18.6 Å². The molecule has 0 saturated carbocycles. The van der Waals surface area contributed by atoms with E-state index in [1.165, 1.54) is 5.69 Å². The molecule has 1 aromatic rings. The molecule has 0 bridgehead atoms. The van der Waals surface area contributed by atoms with Crippen molar-refractivity contribution in [3.8, 4) is 0 Å². The molecule has 1 aromatic carbocycles. The first-order valence-electron chi connectivity index (χ1n) is 4.98. The molecule has 82 valence electrons. The van der Waals surface area contributed by atoms with E-state index in [0.29, 0.717) is 6.04 Å². The van der Waals surface area contributed by atoms with E-state index in [0.717, 1.165) is 23.4 Å². The second-order valence-electron chi connectivity index (χ2n) is 3.93. The zero-order valence-corrected chi connectivity index (χ0v) is 10.5. The largest absolute Gasteiger partial charge is 0.377 e. The molecular weight excluding hydrogens is 256 g/mol. The Morgan fingerprint density at radius 3 is 2.67 bits per heavy atom. The predicted molar refractivity (Wildman–Crippen MR) is 66.7 cm³/mol. The maximum absolute atomic E-state index is 5.15. The SMILES string of the molecule is CN(C)c1ccc(Br)cc1NC1COC1. The fourth-order valence-corrected chi connectivity index (χ4v) is 1.91. The second-order valence-corrected chi connectivity index (χ2v) is 4.85. The van der Waals surface area contributed by atoms with Crippen molar-refractivity contribution in [1.82, 2.24) is 0 Å². The van der Waals surface area contributed by atoms with Crippen molar-refractivity contribution >= 4 is 27.3 Å². The predicted octanol–water partition coefficient (Wildman–Crippen LogP) is 2.33. The zero-order chi connectivity index (χ0) is 10.8. The van der Waals surface area contributed by atoms with Crippen LogP contribution in [-0.2, 0) is 4.74 Å². The van der Waals surface area contributed by atoms with Crippen LogP contribution >= 0.6 is 15.9 Å². The normalized spacial score (nSPS) is 15.9. The third kappa shape index (κ3) is 2.44. The molecule has 1 saturated heterocycles. The molecule has 0 atom stereocenters. The van der Waals surface area contributed by atoms with Gasteiger partial charge >= 0.3 is 0 Å². The number of rotatable bonds is 3. The maximum atomic E-state index is 5.15. The summed E-state index contributed by atoms with van der Waals surface area (Å²) in [5.41, 5.74) is 2.35. The Morgan fingerprint density at radius 1 is 1.40 bits per heavy atom. The Morgan fingerprint density at radius 2 is 2.13 bits per heavy atom. The molecule has 0 aliphatic carbocycles. The fraction of sp³-hybridized carbons (Fsp3) is 0.455. The van der Waals surface area contributed by atoms with E-state index in [4.69, 9.17) is 4.74 Å². The molecule has 3 nitrogen and oxygen atoms in total. The van der Waals surface area contributed by atoms with Gasteiger partial charge in [-0.15, -0.1) is 0 Å². The highest BCUT2D eigenvalue weighted by molar-refractivity contribution is 9.10. The summed E-state index contributed by atoms with van der Waals surface area (Å²) < 4.78 is 6.24. The summed E-state index contributed by atoms with van der Waals surface area (Å²) in [6.45, 7) is 1.61. The van der Waals surface area contributed by atoms with Crippen LogP contribution in [0.3, 0.4) is 0 Å². The highest BCUT2D eigenvalue weighted by Crippen LogP contribution is 2.29. The van der Waals surface area contributed by atoms with E-state index in [1.54, 1.807) is 0 Å². The smallest absolute Gasteiger partial charge is 0.0729 e. The minimum Gasteiger partial charge on any atom is -0.377 e. The lowest BCUT2D eigenvalue weighted by Gasteiger charge is -2.30. The highest BCUT2D eigenvalue weighted by Gasteiger charge is 2.19. The lowest BCUT2D eigenvalue weighted by molar-refractivity contribution is 0.0211. The molecule has 2 rings (SSSR count). The average molecular weight is 271 g/mol. The van der Waals surface area contributed by atoms with Gasteiger partial charge in [0.15, 0.2) is 0 Å². The number of nitrogens with zero attached hydrogens (tertiary/aromatic N) is 1. The van der Waals surface area contributed by atoms with Gasteiger partial charge in [-0.2, -0.15) is 0 Å². The van der Waals surface area contributed by atoms with Gasteiger partial charge in [-0.1, -0.05) is 15.9 Å². The molecule has 1 aliphatic rings. The third-order valence-corrected chi connectivity index (χ3v) is 2.93. The minimum atomic E-state index is 0.456. The molecule has 0 spiro atoms. The van der Waals surface area contributed by atoms with Crippen molar-refractivity contribution in [2.24, 2.45) is 0 Å². The van der Waals surface area contributed by atoms with Gasteiger partial charge in [-0.25, -0.2) is 0 Å². The van der Waals surface area contributed by atoms with Crippen LogP contribution in [0, 0.1) is 0 Å². The highest BCUT2D eigenvalue weighted by atomic mass is 79.9. The lowest BCUT2D eigenvalue weighted by atomic mass is 10.2. The molecule has 0 aromatic heterocycles. The number of benzene rings is 1. The van der Waals surface area contributed by atoms with Gasteiger partial charge in [-0.3, -0.25) is 0 Å². The van der Waals surface area contributed by atoms with Crippen LogP contribution in [0.1, 0.15) is 0 Å². The monoisotopic (exact) mass is 270 g/mol. The molecule has 1 N–H and O–H groups in total. The number of ether oxygens (including phenoxy) is 1. The number of hydrogen-bond donors (Lipinski definition) is 1. The first-order valence-corrected chi connectivity index (χ1v) is 5.77. The van der Waals surface area contributed by atoms with Gasteiger partial charge in [0.2, 0.25) is 0 Å². The first kappa shape index (κ1) is 10.8. The van der Waals surface area contributed by atoms with Crippen molar-refractivity contribution in [3.63, 3.8) is 0 Å². The van der Waals surface area contributed by atoms with Crippen LogP contribution in [0.2, 0.25) is 0 Å². The lowest BCUT2D eigenvalue weighted by Crippen LogP contribution is -2.40. The Labute approximate surface area is 98.5 Å². The Bertz CT molecular complexity index is 350. The topological polar surface area (TPSA) is 24.5 Å². The number of hydrogen-bond acceptors (Lipinski definition) is 3. The molecule has 4 heteroatoms. The van der Waals surface area contributed by atoms with E-state index in [2.05, 4.69) is 44.3 Å². The van der Waals surface area contributed by atoms with Crippen LogP contribution < -0.4 is 10.2 Å². The summed E-state index contributed by atoms with van der Waals surface area (Å²) in [5, 5.41) is 3.47. The van der Waals surface area contributed by atoms with Gasteiger partial charge in [0.05, 0.1) is 30.6 Å². The summed E-state index contributed by atoms with van der Waals surface area (Å²) in [5.74, 6) is 0. The standard InChI is InChI=1S/C11H15BrN2O/c1-14(2)11-4-3-8(12)5-10(11)13-9-6-15-7-9/h3-5,9,13H,6-7H2,1-2H3. The molecule has 0 radical (unpaired) electrons. The summed E-state index contributed by atoms with van der Waals surface area (Å²) >= 11 is 3.49. The van der Waals surface area contributed by atoms with E-state index in [1.807, 2.05) is 14.1 Å². The van der Waals surface area contributed by atoms with Gasteiger partial charge < -0.3 is 15.0 Å². The van der Waals surface area contributed by atoms with Crippen molar-refractivity contribution < 1.29 is 4.74 Å². The van der Waals surface area contributed by atoms with E-state index in [9.17, 15) is 0 Å². The number of nitrogens with one attached hydrogen (secondary N) is 1. The van der Waals surface area contributed by atoms with Gasteiger partial charge in [0.25, 0.3) is 0 Å². The third-order valence-electron chi connectivity index (χ3n) is 2.44. The zero-order valence-electron chi connectivity index (χ0n) is 8.96. The second kappa shape index (κ2) is 4.41. The van der Waals surface area contributed by atoms with E-state index >= 15 is 0 Å². The molecule has 1 aliphatic heterocycles. The summed E-state index contributed by atoms with van der Waals surface area (Å²) in [7, 11) is 4.09. The van der Waals surface area contributed by atoms with Crippen LogP contribution in [0.4, 0.5) is 11.4 Å². The number of anilines is 2. The summed E-state index contributed by atoms with van der Waals surface area (Å²) in [6, 6.07) is 6.72. The summed E-state index contributed by atoms with van der Waals surface area (Å²) in [4.78, 5) is 2.11. The van der Waals surface area contributed by atoms with E-state index in [-0.39, 0.29) is 0 Å². The van der Waals surface area contributed by atoms with Crippen molar-refractivity contribution in [2.75, 3.05) is 37.5 Å². The van der Waals surface area contributed by atoms with Gasteiger partial charge in [0.1, 0.15) is 0 Å². The molecule has 1 fully saturated rings. The minimum absolute atomic E-state index is 0.456. The molecule has 15 heavy (non-hydrogen) atoms. The average Bonchev–Trinajstić information content (AvgIpc) is 2.11. The molecule has 1 heterocycles. The Kier molecular flexibility index (Phi) is 3.17. The van der Waals surface area contributed by atoms with Crippen LogP contribution in [-0.4, -0.2) is 33.4 Å². The Hall–Kier alpha value is -0.740. The molecule has 0 amide bonds.